The second kappa shape index (κ2) is 11.9. The van der Waals surface area contributed by atoms with Gasteiger partial charge in [-0.2, -0.15) is 5.26 Å². The van der Waals surface area contributed by atoms with Gasteiger partial charge in [-0.1, -0.05) is 31.5 Å². The van der Waals surface area contributed by atoms with Crippen molar-refractivity contribution < 1.29 is 14.3 Å². The van der Waals surface area contributed by atoms with Gasteiger partial charge in [-0.3, -0.25) is 9.59 Å². The van der Waals surface area contributed by atoms with Gasteiger partial charge < -0.3 is 29.4 Å². The molecule has 2 saturated heterocycles. The normalized spacial score (nSPS) is 21.1. The molecule has 0 aliphatic carbocycles. The molecule has 2 amide bonds. The first kappa shape index (κ1) is 31.5. The van der Waals surface area contributed by atoms with Crippen LogP contribution in [0.25, 0.3) is 33.5 Å². The van der Waals surface area contributed by atoms with E-state index in [1.54, 1.807) is 31.4 Å². The second-order valence-electron chi connectivity index (χ2n) is 13.6. The number of rotatable bonds is 7. The predicted octanol–water partition coefficient (Wildman–Crippen LogP) is 4.01. The van der Waals surface area contributed by atoms with Crippen LogP contribution in [-0.4, -0.2) is 81.8 Å². The van der Waals surface area contributed by atoms with E-state index in [4.69, 9.17) is 20.7 Å². The quantitative estimate of drug-likeness (QED) is 0.268. The van der Waals surface area contributed by atoms with Crippen LogP contribution in [0.15, 0.2) is 66.7 Å². The Morgan fingerprint density at radius 1 is 1.06 bits per heavy atom. The van der Waals surface area contributed by atoms with Crippen LogP contribution in [0.3, 0.4) is 0 Å². The van der Waals surface area contributed by atoms with Gasteiger partial charge in [0, 0.05) is 72.7 Å². The monoisotopic (exact) mass is 641 g/mol. The van der Waals surface area contributed by atoms with Crippen LogP contribution in [0.4, 0.5) is 0 Å². The zero-order valence-electron chi connectivity index (χ0n) is 28.1. The minimum Gasteiger partial charge on any atom is -0.494 e. The molecule has 2 fully saturated rings. The summed E-state index contributed by atoms with van der Waals surface area (Å²) in [7, 11) is 5.71. The summed E-state index contributed by atoms with van der Waals surface area (Å²) < 4.78 is 10.3. The minimum atomic E-state index is -0.472. The number of methoxy groups -OCH3 is 1. The lowest BCUT2D eigenvalue weighted by Gasteiger charge is -2.39. The molecule has 11 heteroatoms. The van der Waals surface area contributed by atoms with Crippen LogP contribution in [0.2, 0.25) is 0 Å². The van der Waals surface area contributed by atoms with Crippen molar-refractivity contribution in [3.63, 3.8) is 0 Å². The van der Waals surface area contributed by atoms with Crippen LogP contribution in [0.5, 0.6) is 5.75 Å². The number of carbonyl (C=O) groups excluding carboxylic acids is 2. The summed E-state index contributed by atoms with van der Waals surface area (Å²) in [6.07, 6.45) is 0.903. The number of hydrogen-bond donors (Lipinski definition) is 1. The molecule has 0 saturated carbocycles. The maximum atomic E-state index is 14.1. The zero-order valence-corrected chi connectivity index (χ0v) is 28.1. The predicted molar refractivity (Wildman–Crippen MR) is 188 cm³/mol. The van der Waals surface area contributed by atoms with Gasteiger partial charge >= 0.3 is 0 Å². The van der Waals surface area contributed by atoms with Crippen molar-refractivity contribution >= 4 is 41.6 Å². The van der Waals surface area contributed by atoms with Crippen molar-refractivity contribution in [2.45, 2.75) is 38.3 Å². The Balaban J connectivity index is 1.26. The summed E-state index contributed by atoms with van der Waals surface area (Å²) in [5, 5.41) is 10.2. The molecule has 2 aromatic heterocycles. The first-order valence-corrected chi connectivity index (χ1v) is 16.6. The number of para-hydroxylation sites is 1. The van der Waals surface area contributed by atoms with Crippen LogP contribution >= 0.6 is 0 Å². The lowest BCUT2D eigenvalue weighted by molar-refractivity contribution is 0.0471. The molecular weight excluding hydrogens is 601 g/mol. The highest BCUT2D eigenvalue weighted by molar-refractivity contribution is 6.17. The third-order valence-electron chi connectivity index (χ3n) is 10.8. The van der Waals surface area contributed by atoms with Crippen molar-refractivity contribution in [2.24, 2.45) is 24.6 Å². The molecule has 0 spiro atoms. The van der Waals surface area contributed by atoms with E-state index in [0.29, 0.717) is 54.1 Å². The van der Waals surface area contributed by atoms with Crippen molar-refractivity contribution in [2.75, 3.05) is 26.7 Å². The fourth-order valence-corrected chi connectivity index (χ4v) is 7.63. The molecular formula is C37H40BN7O3. The fourth-order valence-electron chi connectivity index (χ4n) is 7.63. The molecule has 2 unspecified atom stereocenters. The Bertz CT molecular complexity index is 2100. The van der Waals surface area contributed by atoms with E-state index >= 15 is 0 Å². The van der Waals surface area contributed by atoms with Crippen LogP contribution in [0, 0.1) is 23.2 Å². The van der Waals surface area contributed by atoms with Crippen LogP contribution in [-0.2, 0) is 13.6 Å². The van der Waals surface area contributed by atoms with E-state index in [2.05, 4.69) is 40.3 Å². The van der Waals surface area contributed by atoms with E-state index in [-0.39, 0.29) is 29.7 Å². The summed E-state index contributed by atoms with van der Waals surface area (Å²) in [5.41, 5.74) is 11.4. The molecule has 2 aliphatic heterocycles. The standard InChI is InChI=1S/C37H40BN7O3/c1-5-28-21-44(22(2)37(28,38)40)36(47)27-14-29-33(32(16-27)48-4)45(34(41-29)31-15-26-8-6-7-9-30(26)42(31)3)20-24-18-43(19-24)35(46)25-12-10-23(17-39)11-13-25/h6-16,22,24,28H,5,18-21,38,40H2,1-4H3/t22?,28?,37-/m1/s1. The van der Waals surface area contributed by atoms with Gasteiger partial charge in [-0.05, 0) is 61.4 Å². The summed E-state index contributed by atoms with van der Waals surface area (Å²) in [4.78, 5) is 36.2. The molecule has 0 radical (unpaired) electrons. The largest absolute Gasteiger partial charge is 0.494 e. The summed E-state index contributed by atoms with van der Waals surface area (Å²) in [5.74, 6) is 1.63. The van der Waals surface area contributed by atoms with Crippen LogP contribution in [0.1, 0.15) is 46.5 Å². The third kappa shape index (κ3) is 5.03. The van der Waals surface area contributed by atoms with E-state index in [0.717, 1.165) is 34.4 Å². The van der Waals surface area contributed by atoms with Crippen molar-refractivity contribution in [3.05, 3.63) is 83.4 Å². The molecule has 2 N–H and O–H groups in total. The Labute approximate surface area is 281 Å². The summed E-state index contributed by atoms with van der Waals surface area (Å²) in [6.45, 7) is 6.56. The van der Waals surface area contributed by atoms with Gasteiger partial charge in [0.25, 0.3) is 11.8 Å². The molecule has 244 valence electrons. The average molecular weight is 642 g/mol. The number of nitriles is 1. The van der Waals surface area contributed by atoms with Gasteiger partial charge in [0.15, 0.2) is 5.82 Å². The van der Waals surface area contributed by atoms with E-state index in [9.17, 15) is 9.59 Å². The lowest BCUT2D eigenvalue weighted by Crippen LogP contribution is -2.54. The van der Waals surface area contributed by atoms with E-state index in [1.165, 1.54) is 0 Å². The summed E-state index contributed by atoms with van der Waals surface area (Å²) in [6, 6.07) is 22.8. The smallest absolute Gasteiger partial charge is 0.254 e. The SMILES string of the molecule is B[C@]1(N)C(CC)CN(C(=O)c2cc(OC)c3c(c2)nc(-c2cc4ccccc4n2C)n3CC2CN(C(=O)c3ccc(C#N)cc3)C2)C1C. The van der Waals surface area contributed by atoms with Crippen molar-refractivity contribution in [1.29, 1.82) is 5.26 Å². The van der Waals surface area contributed by atoms with Gasteiger partial charge in [0.2, 0.25) is 0 Å². The number of aryl methyl sites for hydroxylation is 1. The number of nitrogens with zero attached hydrogens (tertiary/aromatic N) is 6. The molecule has 48 heavy (non-hydrogen) atoms. The maximum absolute atomic E-state index is 14.1. The fraction of sp³-hybridized carbons (Fsp3) is 0.351. The zero-order chi connectivity index (χ0) is 33.9. The Hall–Kier alpha value is -5.08. The molecule has 3 aromatic carbocycles. The first-order chi connectivity index (χ1) is 23.0. The number of fused-ring (bicyclic) bond motifs is 2. The van der Waals surface area contributed by atoms with Gasteiger partial charge in [-0.15, -0.1) is 0 Å². The maximum Gasteiger partial charge on any atom is 0.254 e. The number of ether oxygens (including phenoxy) is 1. The van der Waals surface area contributed by atoms with E-state index in [1.807, 2.05) is 55.9 Å². The number of imidazole rings is 1. The Morgan fingerprint density at radius 3 is 2.44 bits per heavy atom. The number of benzene rings is 3. The van der Waals surface area contributed by atoms with Gasteiger partial charge in [-0.25, -0.2) is 4.98 Å². The van der Waals surface area contributed by atoms with Crippen LogP contribution < -0.4 is 10.5 Å². The topological polar surface area (TPSA) is 122 Å². The highest BCUT2D eigenvalue weighted by Crippen LogP contribution is 2.38. The molecule has 10 nitrogen and oxygen atoms in total. The third-order valence-corrected chi connectivity index (χ3v) is 10.8. The molecule has 0 bridgehead atoms. The second-order valence-corrected chi connectivity index (χ2v) is 13.6. The number of nitrogens with two attached hydrogens (primary N) is 1. The van der Waals surface area contributed by atoms with E-state index < -0.39 is 5.44 Å². The first-order valence-electron chi connectivity index (χ1n) is 16.6. The molecule has 2 aliphatic rings. The van der Waals surface area contributed by atoms with Gasteiger partial charge in [0.1, 0.15) is 19.1 Å². The molecule has 4 heterocycles. The number of aromatic nitrogens is 3. The summed E-state index contributed by atoms with van der Waals surface area (Å²) >= 11 is 0. The number of amides is 2. The number of carbonyl (C=O) groups is 2. The van der Waals surface area contributed by atoms with Crippen molar-refractivity contribution in [1.82, 2.24) is 23.9 Å². The molecule has 7 rings (SSSR count). The molecule has 3 atom stereocenters. The van der Waals surface area contributed by atoms with Crippen molar-refractivity contribution in [3.8, 4) is 23.3 Å². The average Bonchev–Trinajstić information content (AvgIpc) is 3.69. The molecule has 5 aromatic rings. The lowest BCUT2D eigenvalue weighted by atomic mass is 9.66. The minimum absolute atomic E-state index is 0.0455. The Kier molecular flexibility index (Phi) is 7.79. The highest BCUT2D eigenvalue weighted by Gasteiger charge is 2.47. The highest BCUT2D eigenvalue weighted by atomic mass is 16.5. The number of hydrogen-bond acceptors (Lipinski definition) is 6. The Morgan fingerprint density at radius 2 is 1.79 bits per heavy atom. The number of likely N-dealkylation sites (tertiary alicyclic amines) is 2. The van der Waals surface area contributed by atoms with Gasteiger partial charge in [0.05, 0.1) is 30.0 Å².